The fraction of sp³-hybridized carbons (Fsp3) is 0.231. The molecule has 2 N–H and O–H groups in total. The average Bonchev–Trinajstić information content (AvgIpc) is 2.68. The molecule has 2 rings (SSSR count). The van der Waals surface area contributed by atoms with Crippen LogP contribution in [0.15, 0.2) is 34.4 Å². The molecule has 1 aromatic heterocycles. The standard InChI is InChI=1S/C13H13NO5S/c1-2-19-10-5-8(3-4-9(10)16)6-11-12(17)14(7-15)13(18)20-11/h3-6,15,17H,2,7H2,1H3/b8-6+. The van der Waals surface area contributed by atoms with Gasteiger partial charge in [-0.1, -0.05) is 17.4 Å². The van der Waals surface area contributed by atoms with E-state index in [1.54, 1.807) is 25.2 Å². The smallest absolute Gasteiger partial charge is 0.312 e. The lowest BCUT2D eigenvalue weighted by Gasteiger charge is -2.09. The van der Waals surface area contributed by atoms with E-state index in [2.05, 4.69) is 0 Å². The number of aromatic nitrogens is 1. The van der Waals surface area contributed by atoms with E-state index in [9.17, 15) is 14.7 Å². The van der Waals surface area contributed by atoms with Crippen molar-refractivity contribution in [2.45, 2.75) is 13.7 Å². The molecule has 0 saturated heterocycles. The van der Waals surface area contributed by atoms with E-state index in [1.165, 1.54) is 6.08 Å². The number of rotatable bonds is 4. The van der Waals surface area contributed by atoms with Gasteiger partial charge >= 0.3 is 4.87 Å². The summed E-state index contributed by atoms with van der Waals surface area (Å²) in [5, 5.41) is 18.8. The molecule has 0 atom stereocenters. The first-order chi connectivity index (χ1) is 9.56. The molecule has 0 bridgehead atoms. The van der Waals surface area contributed by atoms with Crippen LogP contribution < -0.4 is 4.87 Å². The van der Waals surface area contributed by atoms with Gasteiger partial charge in [-0.3, -0.25) is 9.59 Å². The average molecular weight is 295 g/mol. The third kappa shape index (κ3) is 2.73. The van der Waals surface area contributed by atoms with E-state index >= 15 is 0 Å². The summed E-state index contributed by atoms with van der Waals surface area (Å²) in [5.74, 6) is -0.310. The van der Waals surface area contributed by atoms with Gasteiger partial charge in [-0.05, 0) is 30.7 Å². The highest BCUT2D eigenvalue weighted by molar-refractivity contribution is 7.10. The number of nitrogens with zero attached hydrogens (tertiary/aromatic N) is 1. The number of hydrogen-bond donors (Lipinski definition) is 2. The normalized spacial score (nSPS) is 16.6. The molecule has 106 valence electrons. The summed E-state index contributed by atoms with van der Waals surface area (Å²) < 4.78 is 6.05. The Morgan fingerprint density at radius 3 is 2.75 bits per heavy atom. The highest BCUT2D eigenvalue weighted by Gasteiger charge is 2.15. The van der Waals surface area contributed by atoms with Gasteiger partial charge in [0, 0.05) is 0 Å². The van der Waals surface area contributed by atoms with Crippen LogP contribution in [0.1, 0.15) is 11.8 Å². The Morgan fingerprint density at radius 1 is 1.40 bits per heavy atom. The minimum Gasteiger partial charge on any atom is -0.493 e. The van der Waals surface area contributed by atoms with E-state index < -0.39 is 11.6 Å². The van der Waals surface area contributed by atoms with E-state index in [0.717, 1.165) is 15.9 Å². The molecule has 0 spiro atoms. The lowest BCUT2D eigenvalue weighted by atomic mass is 10.1. The zero-order chi connectivity index (χ0) is 14.7. The maximum atomic E-state index is 11.5. The summed E-state index contributed by atoms with van der Waals surface area (Å²) in [6.07, 6.45) is 6.02. The van der Waals surface area contributed by atoms with Crippen molar-refractivity contribution in [3.8, 4) is 5.88 Å². The second-order valence-corrected chi connectivity index (χ2v) is 4.90. The number of aliphatic hydroxyl groups excluding tert-OH is 1. The first-order valence-corrected chi connectivity index (χ1v) is 6.70. The molecular weight excluding hydrogens is 282 g/mol. The number of ketones is 1. The van der Waals surface area contributed by atoms with Crippen LogP contribution in [0.4, 0.5) is 0 Å². The number of aromatic hydroxyl groups is 1. The second-order valence-electron chi connectivity index (χ2n) is 3.91. The minimum absolute atomic E-state index is 0.217. The Balaban J connectivity index is 2.39. The van der Waals surface area contributed by atoms with Gasteiger partial charge in [0.25, 0.3) is 0 Å². The number of carbonyl (C=O) groups excluding carboxylic acids is 1. The Bertz CT molecular complexity index is 677. The van der Waals surface area contributed by atoms with Crippen LogP contribution in [-0.2, 0) is 16.3 Å². The first kappa shape index (κ1) is 14.3. The molecule has 1 heterocycles. The molecule has 1 aromatic rings. The van der Waals surface area contributed by atoms with Crippen LogP contribution in [0, 0.1) is 0 Å². The summed E-state index contributed by atoms with van der Waals surface area (Å²) in [7, 11) is 0. The summed E-state index contributed by atoms with van der Waals surface area (Å²) in [4.78, 5) is 22.8. The molecule has 0 unspecified atom stereocenters. The Kier molecular flexibility index (Phi) is 4.21. The Labute approximate surface area is 118 Å². The van der Waals surface area contributed by atoms with Gasteiger partial charge < -0.3 is 14.9 Å². The fourth-order valence-electron chi connectivity index (χ4n) is 1.67. The maximum absolute atomic E-state index is 11.5. The van der Waals surface area contributed by atoms with Crippen LogP contribution in [0.3, 0.4) is 0 Å². The second kappa shape index (κ2) is 5.89. The van der Waals surface area contributed by atoms with Crippen LogP contribution in [-0.4, -0.2) is 27.2 Å². The van der Waals surface area contributed by atoms with Gasteiger partial charge in [0.2, 0.25) is 11.7 Å². The lowest BCUT2D eigenvalue weighted by Crippen LogP contribution is -2.11. The van der Waals surface area contributed by atoms with E-state index in [0.29, 0.717) is 17.1 Å². The molecule has 1 aliphatic carbocycles. The number of carbonyl (C=O) groups is 1. The van der Waals surface area contributed by atoms with Crippen LogP contribution in [0.2, 0.25) is 0 Å². The topological polar surface area (TPSA) is 88.8 Å². The van der Waals surface area contributed by atoms with Crippen molar-refractivity contribution in [3.63, 3.8) is 0 Å². The third-order valence-corrected chi connectivity index (χ3v) is 3.52. The van der Waals surface area contributed by atoms with E-state index in [-0.39, 0.29) is 17.4 Å². The molecule has 0 fully saturated rings. The van der Waals surface area contributed by atoms with Gasteiger partial charge in [0.1, 0.15) is 6.73 Å². The predicted molar refractivity (Wildman–Crippen MR) is 74.3 cm³/mol. The van der Waals surface area contributed by atoms with Gasteiger partial charge in [0.05, 0.1) is 11.5 Å². The first-order valence-electron chi connectivity index (χ1n) is 5.89. The summed E-state index contributed by atoms with van der Waals surface area (Å²) in [6.45, 7) is 1.56. The maximum Gasteiger partial charge on any atom is 0.312 e. The van der Waals surface area contributed by atoms with Gasteiger partial charge in [-0.2, -0.15) is 0 Å². The van der Waals surface area contributed by atoms with E-state index in [1.807, 2.05) is 0 Å². The SMILES string of the molecule is CCOC1=C/C(=C/c2sc(=O)n(CO)c2O)C=CC1=O. The molecule has 7 heteroatoms. The Hall–Kier alpha value is -2.12. The molecular formula is C13H13NO5S. The van der Waals surface area contributed by atoms with Crippen LogP contribution >= 0.6 is 11.3 Å². The molecule has 1 aliphatic rings. The van der Waals surface area contributed by atoms with Crippen molar-refractivity contribution >= 4 is 23.2 Å². The number of allylic oxidation sites excluding steroid dienone is 4. The van der Waals surface area contributed by atoms with Gasteiger partial charge in [-0.15, -0.1) is 0 Å². The third-order valence-electron chi connectivity index (χ3n) is 2.60. The van der Waals surface area contributed by atoms with Crippen molar-refractivity contribution in [2.24, 2.45) is 0 Å². The monoisotopic (exact) mass is 295 g/mol. The lowest BCUT2D eigenvalue weighted by molar-refractivity contribution is -0.114. The number of aliphatic hydroxyl groups is 1. The van der Waals surface area contributed by atoms with Crippen LogP contribution in [0.5, 0.6) is 5.88 Å². The zero-order valence-corrected chi connectivity index (χ0v) is 11.5. The minimum atomic E-state index is -0.585. The van der Waals surface area contributed by atoms with Gasteiger partial charge in [-0.25, -0.2) is 4.57 Å². The predicted octanol–water partition coefficient (Wildman–Crippen LogP) is 1.01. The van der Waals surface area contributed by atoms with E-state index in [4.69, 9.17) is 9.84 Å². The molecule has 0 amide bonds. The Morgan fingerprint density at radius 2 is 2.15 bits per heavy atom. The van der Waals surface area contributed by atoms with Gasteiger partial charge in [0.15, 0.2) is 5.76 Å². The molecule has 0 saturated carbocycles. The highest BCUT2D eigenvalue weighted by Crippen LogP contribution is 2.25. The summed E-state index contributed by atoms with van der Waals surface area (Å²) >= 11 is 0.807. The molecule has 6 nitrogen and oxygen atoms in total. The number of hydrogen-bond acceptors (Lipinski definition) is 6. The highest BCUT2D eigenvalue weighted by atomic mass is 32.1. The molecule has 0 radical (unpaired) electrons. The quantitative estimate of drug-likeness (QED) is 0.865. The summed E-state index contributed by atoms with van der Waals surface area (Å²) in [5.41, 5.74) is 0.620. The van der Waals surface area contributed by atoms with Crippen molar-refractivity contribution < 1.29 is 19.7 Å². The van der Waals surface area contributed by atoms with Crippen LogP contribution in [0.25, 0.3) is 6.08 Å². The summed E-state index contributed by atoms with van der Waals surface area (Å²) in [6, 6.07) is 0. The zero-order valence-electron chi connectivity index (χ0n) is 10.7. The largest absolute Gasteiger partial charge is 0.493 e. The number of thiazole rings is 1. The number of ether oxygens (including phenoxy) is 1. The molecule has 0 aromatic carbocycles. The molecule has 0 aliphatic heterocycles. The van der Waals surface area contributed by atoms with Crippen molar-refractivity contribution in [2.75, 3.05) is 6.61 Å². The van der Waals surface area contributed by atoms with Crippen molar-refractivity contribution in [3.05, 3.63) is 44.1 Å². The van der Waals surface area contributed by atoms with Crippen molar-refractivity contribution in [1.82, 2.24) is 4.57 Å². The fourth-order valence-corrected chi connectivity index (χ4v) is 2.51. The van der Waals surface area contributed by atoms with Crippen molar-refractivity contribution in [1.29, 1.82) is 0 Å². The molecule has 20 heavy (non-hydrogen) atoms.